The zero-order valence-electron chi connectivity index (χ0n) is 13.0. The number of amides is 1. The monoisotopic (exact) mass is 315 g/mol. The maximum Gasteiger partial charge on any atom is 0.254 e. The molecule has 0 bridgehead atoms. The van der Waals surface area contributed by atoms with E-state index in [2.05, 4.69) is 17.4 Å². The molecule has 120 valence electrons. The number of hydrogen-bond donors (Lipinski definition) is 1. The summed E-state index contributed by atoms with van der Waals surface area (Å²) in [6.45, 7) is 1.85. The van der Waals surface area contributed by atoms with E-state index in [1.54, 1.807) is 0 Å². The van der Waals surface area contributed by atoms with Crippen LogP contribution in [0.5, 0.6) is 0 Å². The molecule has 2 nitrogen and oxygen atoms in total. The number of fused-ring (bicyclic) bond motifs is 1. The summed E-state index contributed by atoms with van der Waals surface area (Å²) in [6, 6.07) is 9.56. The molecule has 0 heterocycles. The Kier molecular flexibility index (Phi) is 4.42. The van der Waals surface area contributed by atoms with Crippen LogP contribution in [0, 0.1) is 11.6 Å². The number of hydrogen-bond acceptors (Lipinski definition) is 1. The summed E-state index contributed by atoms with van der Waals surface area (Å²) in [5.41, 5.74) is 3.41. The zero-order chi connectivity index (χ0) is 16.4. The van der Waals surface area contributed by atoms with Crippen molar-refractivity contribution in [2.24, 2.45) is 0 Å². The summed E-state index contributed by atoms with van der Waals surface area (Å²) in [5.74, 6) is -2.73. The van der Waals surface area contributed by atoms with E-state index >= 15 is 0 Å². The summed E-state index contributed by atoms with van der Waals surface area (Å²) in [5, 5.41) is 2.74. The third-order valence-corrected chi connectivity index (χ3v) is 4.42. The molecule has 0 radical (unpaired) electrons. The first-order chi connectivity index (χ1) is 11.1. The van der Waals surface area contributed by atoms with Crippen LogP contribution in [-0.4, -0.2) is 5.91 Å². The lowest BCUT2D eigenvalue weighted by molar-refractivity contribution is 0.0934. The Balaban J connectivity index is 1.77. The van der Waals surface area contributed by atoms with Crippen molar-refractivity contribution in [3.63, 3.8) is 0 Å². The van der Waals surface area contributed by atoms with Crippen LogP contribution in [0.1, 0.15) is 52.9 Å². The van der Waals surface area contributed by atoms with Gasteiger partial charge in [-0.15, -0.1) is 0 Å². The second kappa shape index (κ2) is 6.49. The molecule has 23 heavy (non-hydrogen) atoms. The molecule has 1 N–H and O–H groups in total. The lowest BCUT2D eigenvalue weighted by Gasteiger charge is -2.20. The summed E-state index contributed by atoms with van der Waals surface area (Å²) in [6.07, 6.45) is 4.57. The van der Waals surface area contributed by atoms with E-state index in [1.165, 1.54) is 36.1 Å². The lowest BCUT2D eigenvalue weighted by atomic mass is 9.89. The van der Waals surface area contributed by atoms with Crippen LogP contribution >= 0.6 is 0 Å². The molecular formula is C19H19F2NO. The van der Waals surface area contributed by atoms with Crippen LogP contribution in [0.2, 0.25) is 0 Å². The van der Waals surface area contributed by atoms with Crippen molar-refractivity contribution in [3.8, 4) is 0 Å². The second-order valence-electron chi connectivity index (χ2n) is 6.03. The van der Waals surface area contributed by atoms with Gasteiger partial charge in [-0.3, -0.25) is 4.79 Å². The fourth-order valence-electron chi connectivity index (χ4n) is 3.06. The van der Waals surface area contributed by atoms with Crippen molar-refractivity contribution >= 4 is 5.91 Å². The normalized spacial score (nSPS) is 14.9. The van der Waals surface area contributed by atoms with E-state index in [-0.39, 0.29) is 11.6 Å². The molecule has 4 heteroatoms. The standard InChI is InChI=1S/C19H19F2NO/c1-12(14-10-9-13-5-2-3-6-15(13)11-14)22-19(23)16-7-4-8-17(20)18(16)21/h4,7-12H,2-3,5-6H2,1H3,(H,22,23). The van der Waals surface area contributed by atoms with Gasteiger partial charge in [0.2, 0.25) is 0 Å². The van der Waals surface area contributed by atoms with Crippen molar-refractivity contribution in [2.75, 3.05) is 0 Å². The van der Waals surface area contributed by atoms with Crippen molar-refractivity contribution in [2.45, 2.75) is 38.6 Å². The number of carbonyl (C=O) groups excluding carboxylic acids is 1. The molecule has 0 saturated carbocycles. The Labute approximate surface area is 134 Å². The van der Waals surface area contributed by atoms with Gasteiger partial charge in [-0.1, -0.05) is 24.3 Å². The first-order valence-corrected chi connectivity index (χ1v) is 7.93. The van der Waals surface area contributed by atoms with E-state index < -0.39 is 17.5 Å². The SMILES string of the molecule is CC(NC(=O)c1cccc(F)c1F)c1ccc2c(c1)CCCC2. The van der Waals surface area contributed by atoms with Crippen LogP contribution in [0.25, 0.3) is 0 Å². The summed E-state index contributed by atoms with van der Waals surface area (Å²) >= 11 is 0. The molecule has 0 saturated heterocycles. The molecule has 0 aromatic heterocycles. The smallest absolute Gasteiger partial charge is 0.254 e. The van der Waals surface area contributed by atoms with Gasteiger partial charge in [-0.25, -0.2) is 8.78 Å². The highest BCUT2D eigenvalue weighted by atomic mass is 19.2. The molecule has 1 aliphatic rings. The zero-order valence-corrected chi connectivity index (χ0v) is 13.0. The average molecular weight is 315 g/mol. The highest BCUT2D eigenvalue weighted by Gasteiger charge is 2.18. The number of rotatable bonds is 3. The molecule has 1 aliphatic carbocycles. The van der Waals surface area contributed by atoms with Gasteiger partial charge < -0.3 is 5.32 Å². The van der Waals surface area contributed by atoms with Crippen molar-refractivity contribution in [3.05, 3.63) is 70.3 Å². The largest absolute Gasteiger partial charge is 0.345 e. The van der Waals surface area contributed by atoms with E-state index in [0.29, 0.717) is 0 Å². The van der Waals surface area contributed by atoms with Gasteiger partial charge in [0.05, 0.1) is 11.6 Å². The number of benzene rings is 2. The highest BCUT2D eigenvalue weighted by molar-refractivity contribution is 5.94. The molecule has 1 amide bonds. The van der Waals surface area contributed by atoms with Crippen LogP contribution in [0.15, 0.2) is 36.4 Å². The Bertz CT molecular complexity index is 742. The summed E-state index contributed by atoms with van der Waals surface area (Å²) < 4.78 is 26.9. The lowest BCUT2D eigenvalue weighted by Crippen LogP contribution is -2.28. The van der Waals surface area contributed by atoms with Crippen molar-refractivity contribution < 1.29 is 13.6 Å². The Morgan fingerprint density at radius 2 is 1.83 bits per heavy atom. The summed E-state index contributed by atoms with van der Waals surface area (Å²) in [7, 11) is 0. The third-order valence-electron chi connectivity index (χ3n) is 4.42. The number of aryl methyl sites for hydroxylation is 2. The fourth-order valence-corrected chi connectivity index (χ4v) is 3.06. The molecule has 0 aliphatic heterocycles. The van der Waals surface area contributed by atoms with E-state index in [0.717, 1.165) is 24.5 Å². The predicted octanol–water partition coefficient (Wildman–Crippen LogP) is 4.33. The quantitative estimate of drug-likeness (QED) is 0.897. The molecule has 0 spiro atoms. The molecule has 1 atom stereocenters. The summed E-state index contributed by atoms with van der Waals surface area (Å²) in [4.78, 5) is 12.2. The third kappa shape index (κ3) is 3.26. The fraction of sp³-hybridized carbons (Fsp3) is 0.316. The van der Waals surface area contributed by atoms with E-state index in [1.807, 2.05) is 13.0 Å². The van der Waals surface area contributed by atoms with Gasteiger partial charge in [0.15, 0.2) is 11.6 Å². The number of halogens is 2. The minimum absolute atomic E-state index is 0.266. The van der Waals surface area contributed by atoms with Gasteiger partial charge in [0, 0.05) is 0 Å². The van der Waals surface area contributed by atoms with Crippen molar-refractivity contribution in [1.82, 2.24) is 5.32 Å². The van der Waals surface area contributed by atoms with Crippen molar-refractivity contribution in [1.29, 1.82) is 0 Å². The maximum absolute atomic E-state index is 13.7. The van der Waals surface area contributed by atoms with Gasteiger partial charge in [-0.2, -0.15) is 0 Å². The molecule has 3 rings (SSSR count). The minimum Gasteiger partial charge on any atom is -0.345 e. The van der Waals surface area contributed by atoms with Crippen LogP contribution in [0.4, 0.5) is 8.78 Å². The first kappa shape index (κ1) is 15.7. The van der Waals surface area contributed by atoms with Crippen LogP contribution in [-0.2, 0) is 12.8 Å². The molecular weight excluding hydrogens is 296 g/mol. The Morgan fingerprint density at radius 3 is 2.61 bits per heavy atom. The predicted molar refractivity (Wildman–Crippen MR) is 85.3 cm³/mol. The Hall–Kier alpha value is -2.23. The minimum atomic E-state index is -1.11. The second-order valence-corrected chi connectivity index (χ2v) is 6.03. The maximum atomic E-state index is 13.7. The van der Waals surface area contributed by atoms with E-state index in [4.69, 9.17) is 0 Å². The average Bonchev–Trinajstić information content (AvgIpc) is 2.56. The number of nitrogens with one attached hydrogen (secondary N) is 1. The van der Waals surface area contributed by atoms with Gasteiger partial charge in [-0.05, 0) is 61.4 Å². The van der Waals surface area contributed by atoms with Gasteiger partial charge in [0.25, 0.3) is 5.91 Å². The van der Waals surface area contributed by atoms with E-state index in [9.17, 15) is 13.6 Å². The van der Waals surface area contributed by atoms with Gasteiger partial charge >= 0.3 is 0 Å². The molecule has 2 aromatic carbocycles. The molecule has 0 fully saturated rings. The first-order valence-electron chi connectivity index (χ1n) is 7.93. The Morgan fingerprint density at radius 1 is 1.09 bits per heavy atom. The topological polar surface area (TPSA) is 29.1 Å². The number of carbonyl (C=O) groups is 1. The molecule has 1 unspecified atom stereocenters. The van der Waals surface area contributed by atoms with Crippen LogP contribution < -0.4 is 5.32 Å². The van der Waals surface area contributed by atoms with Crippen LogP contribution in [0.3, 0.4) is 0 Å². The highest BCUT2D eigenvalue weighted by Crippen LogP contribution is 2.25. The molecule has 2 aromatic rings. The van der Waals surface area contributed by atoms with Gasteiger partial charge in [0.1, 0.15) is 0 Å².